The van der Waals surface area contributed by atoms with Crippen molar-refractivity contribution in [3.63, 3.8) is 0 Å². The molecule has 1 rings (SSSR count). The van der Waals surface area contributed by atoms with Crippen molar-refractivity contribution in [2.45, 2.75) is 45.6 Å². The van der Waals surface area contributed by atoms with Crippen molar-refractivity contribution in [1.82, 2.24) is 0 Å². The number of hydrogen-bond acceptors (Lipinski definition) is 3. The molecule has 1 fully saturated rings. The molecule has 0 amide bonds. The lowest BCUT2D eigenvalue weighted by molar-refractivity contribution is -0.0155. The minimum atomic E-state index is -3.40. The molecule has 0 radical (unpaired) electrons. The van der Waals surface area contributed by atoms with Crippen LogP contribution in [0.5, 0.6) is 0 Å². The lowest BCUT2D eigenvalue weighted by Crippen LogP contribution is -2.29. The van der Waals surface area contributed by atoms with Gasteiger partial charge in [0, 0.05) is 10.7 Å². The van der Waals surface area contributed by atoms with Crippen LogP contribution in [0.2, 0.25) is 0 Å². The molecule has 5 heteroatoms. The molecule has 0 N–H and O–H groups in total. The van der Waals surface area contributed by atoms with E-state index in [1.807, 2.05) is 6.92 Å². The van der Waals surface area contributed by atoms with Crippen molar-refractivity contribution in [3.05, 3.63) is 0 Å². The minimum absolute atomic E-state index is 0.0163. The van der Waals surface area contributed by atoms with Crippen LogP contribution in [0.3, 0.4) is 0 Å². The number of rotatable bonds is 7. The highest BCUT2D eigenvalue weighted by Crippen LogP contribution is 2.31. The fraction of sp³-hybridized carbons (Fsp3) is 1.00. The van der Waals surface area contributed by atoms with Crippen LogP contribution >= 0.6 is 10.7 Å². The summed E-state index contributed by atoms with van der Waals surface area (Å²) < 4.78 is 27.6. The molecule has 0 aliphatic heterocycles. The Kier molecular flexibility index (Phi) is 5.54. The maximum absolute atomic E-state index is 11.0. The summed E-state index contributed by atoms with van der Waals surface area (Å²) in [5.41, 5.74) is 0. The van der Waals surface area contributed by atoms with Crippen molar-refractivity contribution in [2.75, 3.05) is 12.4 Å². The van der Waals surface area contributed by atoms with E-state index in [1.165, 1.54) is 19.3 Å². The highest BCUT2D eigenvalue weighted by molar-refractivity contribution is 8.13. The Morgan fingerprint density at radius 1 is 1.44 bits per heavy atom. The molecule has 1 saturated carbocycles. The second-order valence-electron chi connectivity index (χ2n) is 4.71. The Balaban J connectivity index is 2.27. The largest absolute Gasteiger partial charge is 0.378 e. The molecule has 1 aliphatic carbocycles. The SMILES string of the molecule is CCC(COC(C)C1CCC1)CS(=O)(=O)Cl. The van der Waals surface area contributed by atoms with Gasteiger partial charge in [-0.05, 0) is 31.6 Å². The van der Waals surface area contributed by atoms with Gasteiger partial charge >= 0.3 is 0 Å². The fourth-order valence-corrected chi connectivity index (χ4v) is 3.33. The maximum Gasteiger partial charge on any atom is 0.232 e. The van der Waals surface area contributed by atoms with Gasteiger partial charge in [-0.2, -0.15) is 0 Å². The molecule has 96 valence electrons. The van der Waals surface area contributed by atoms with Crippen LogP contribution in [0.4, 0.5) is 0 Å². The third-order valence-electron chi connectivity index (χ3n) is 3.42. The van der Waals surface area contributed by atoms with E-state index in [4.69, 9.17) is 15.4 Å². The molecule has 16 heavy (non-hydrogen) atoms. The van der Waals surface area contributed by atoms with Crippen LogP contribution in [0.15, 0.2) is 0 Å². The van der Waals surface area contributed by atoms with Crippen LogP contribution in [0, 0.1) is 11.8 Å². The van der Waals surface area contributed by atoms with E-state index >= 15 is 0 Å². The molecule has 3 nitrogen and oxygen atoms in total. The van der Waals surface area contributed by atoms with Gasteiger partial charge in [0.25, 0.3) is 0 Å². The van der Waals surface area contributed by atoms with Crippen molar-refractivity contribution < 1.29 is 13.2 Å². The summed E-state index contributed by atoms with van der Waals surface area (Å²) in [5.74, 6) is 0.706. The molecule has 0 saturated heterocycles. The summed E-state index contributed by atoms with van der Waals surface area (Å²) in [7, 11) is 1.84. The van der Waals surface area contributed by atoms with E-state index in [9.17, 15) is 8.42 Å². The van der Waals surface area contributed by atoms with E-state index in [0.29, 0.717) is 12.5 Å². The lowest BCUT2D eigenvalue weighted by Gasteiger charge is -2.32. The molecule has 0 spiro atoms. The quantitative estimate of drug-likeness (QED) is 0.667. The van der Waals surface area contributed by atoms with Gasteiger partial charge in [-0.1, -0.05) is 19.8 Å². The summed E-state index contributed by atoms with van der Waals surface area (Å²) >= 11 is 0. The topological polar surface area (TPSA) is 43.4 Å². The highest BCUT2D eigenvalue weighted by Gasteiger charge is 2.25. The van der Waals surface area contributed by atoms with Gasteiger partial charge in [-0.15, -0.1) is 0 Å². The average Bonchev–Trinajstić information content (AvgIpc) is 2.07. The van der Waals surface area contributed by atoms with Crippen molar-refractivity contribution >= 4 is 19.7 Å². The number of hydrogen-bond donors (Lipinski definition) is 0. The molecule has 0 aromatic carbocycles. The molecule has 0 heterocycles. The maximum atomic E-state index is 11.0. The molecular formula is C11H21ClO3S. The van der Waals surface area contributed by atoms with Gasteiger partial charge in [0.15, 0.2) is 0 Å². The van der Waals surface area contributed by atoms with Crippen molar-refractivity contribution in [1.29, 1.82) is 0 Å². The van der Waals surface area contributed by atoms with Crippen molar-refractivity contribution in [3.8, 4) is 0 Å². The van der Waals surface area contributed by atoms with Gasteiger partial charge in [-0.25, -0.2) is 8.42 Å². The monoisotopic (exact) mass is 268 g/mol. The predicted octanol–water partition coefficient (Wildman–Crippen LogP) is 2.79. The molecule has 0 bridgehead atoms. The highest BCUT2D eigenvalue weighted by atomic mass is 35.7. The molecule has 2 unspecified atom stereocenters. The van der Waals surface area contributed by atoms with Crippen LogP contribution in [-0.4, -0.2) is 26.9 Å². The first-order valence-electron chi connectivity index (χ1n) is 5.96. The van der Waals surface area contributed by atoms with Gasteiger partial charge < -0.3 is 4.74 Å². The van der Waals surface area contributed by atoms with Crippen LogP contribution < -0.4 is 0 Å². The van der Waals surface area contributed by atoms with Crippen LogP contribution in [0.1, 0.15) is 39.5 Å². The van der Waals surface area contributed by atoms with E-state index in [1.54, 1.807) is 0 Å². The van der Waals surface area contributed by atoms with Gasteiger partial charge in [0.05, 0.1) is 18.5 Å². The zero-order valence-corrected chi connectivity index (χ0v) is 11.6. The Hall–Kier alpha value is 0.200. The summed E-state index contributed by atoms with van der Waals surface area (Å²) in [4.78, 5) is 0. The van der Waals surface area contributed by atoms with Crippen LogP contribution in [0.25, 0.3) is 0 Å². The Labute approximate surface area is 103 Å². The van der Waals surface area contributed by atoms with E-state index in [0.717, 1.165) is 6.42 Å². The lowest BCUT2D eigenvalue weighted by atomic mass is 9.82. The predicted molar refractivity (Wildman–Crippen MR) is 66.2 cm³/mol. The third kappa shape index (κ3) is 5.02. The summed E-state index contributed by atoms with van der Waals surface area (Å²) in [6.07, 6.45) is 4.81. The fourth-order valence-electron chi connectivity index (χ4n) is 1.90. The molecule has 1 aliphatic rings. The smallest absolute Gasteiger partial charge is 0.232 e. The first-order chi connectivity index (χ1) is 7.42. The van der Waals surface area contributed by atoms with Gasteiger partial charge in [-0.3, -0.25) is 0 Å². The van der Waals surface area contributed by atoms with Gasteiger partial charge in [0.1, 0.15) is 0 Å². The molecular weight excluding hydrogens is 248 g/mol. The summed E-state index contributed by atoms with van der Waals surface area (Å²) in [6, 6.07) is 0. The second-order valence-corrected chi connectivity index (χ2v) is 7.53. The zero-order valence-electron chi connectivity index (χ0n) is 9.99. The zero-order chi connectivity index (χ0) is 12.2. The number of ether oxygens (including phenoxy) is 1. The normalized spacial score (nSPS) is 21.4. The number of halogens is 1. The summed E-state index contributed by atoms with van der Waals surface area (Å²) in [6.45, 7) is 4.54. The van der Waals surface area contributed by atoms with Crippen molar-refractivity contribution in [2.24, 2.45) is 11.8 Å². The second kappa shape index (κ2) is 6.22. The summed E-state index contributed by atoms with van der Waals surface area (Å²) in [5, 5.41) is 0. The standard InChI is InChI=1S/C11H21ClO3S/c1-3-10(8-16(12,13)14)7-15-9(2)11-5-4-6-11/h9-11H,3-8H2,1-2H3. The molecule has 2 atom stereocenters. The third-order valence-corrected chi connectivity index (χ3v) is 4.67. The first-order valence-corrected chi connectivity index (χ1v) is 8.44. The minimum Gasteiger partial charge on any atom is -0.378 e. The first kappa shape index (κ1) is 14.3. The average molecular weight is 269 g/mol. The Morgan fingerprint density at radius 2 is 2.06 bits per heavy atom. The van der Waals surface area contributed by atoms with E-state index in [2.05, 4.69) is 6.92 Å². The Bertz CT molecular complexity index is 298. The molecule has 0 aromatic heterocycles. The Morgan fingerprint density at radius 3 is 2.44 bits per heavy atom. The van der Waals surface area contributed by atoms with E-state index in [-0.39, 0.29) is 17.8 Å². The van der Waals surface area contributed by atoms with Crippen LogP contribution in [-0.2, 0) is 13.8 Å². The van der Waals surface area contributed by atoms with E-state index < -0.39 is 9.05 Å². The van der Waals surface area contributed by atoms with Gasteiger partial charge in [0.2, 0.25) is 9.05 Å². The molecule has 0 aromatic rings.